The van der Waals surface area contributed by atoms with Crippen molar-refractivity contribution in [3.8, 4) is 5.75 Å². The number of para-hydroxylation sites is 1. The largest absolute Gasteiger partial charge is 0.492 e. The molecule has 1 atom stereocenters. The molecule has 0 saturated carbocycles. The average molecular weight is 344 g/mol. The van der Waals surface area contributed by atoms with Crippen LogP contribution in [-0.2, 0) is 4.79 Å². The van der Waals surface area contributed by atoms with Crippen LogP contribution in [0.5, 0.6) is 5.75 Å². The Hall–Kier alpha value is -2.40. The lowest BCUT2D eigenvalue weighted by atomic mass is 10.1. The van der Waals surface area contributed by atoms with Crippen molar-refractivity contribution < 1.29 is 13.9 Å². The smallest absolute Gasteiger partial charge is 0.234 e. The van der Waals surface area contributed by atoms with Crippen LogP contribution in [-0.4, -0.2) is 37.0 Å². The van der Waals surface area contributed by atoms with Crippen LogP contribution in [0.25, 0.3) is 0 Å². The molecule has 0 heterocycles. The summed E-state index contributed by atoms with van der Waals surface area (Å²) in [5.74, 6) is 0.486. The number of carbonyl (C=O) groups excluding carboxylic acids is 1. The van der Waals surface area contributed by atoms with E-state index in [-0.39, 0.29) is 17.8 Å². The summed E-state index contributed by atoms with van der Waals surface area (Å²) in [5, 5.41) is 2.87. The topological polar surface area (TPSA) is 41.6 Å². The van der Waals surface area contributed by atoms with E-state index in [2.05, 4.69) is 5.32 Å². The zero-order valence-electron chi connectivity index (χ0n) is 14.7. The summed E-state index contributed by atoms with van der Waals surface area (Å²) in [4.78, 5) is 14.2. The van der Waals surface area contributed by atoms with Crippen LogP contribution >= 0.6 is 0 Å². The molecule has 0 bridgehead atoms. The standard InChI is InChI=1S/C20H25FN2O2/c1-3-23(16(2)17-9-11-18(21)12-10-17)15-20(24)22-13-14-25-19-7-5-4-6-8-19/h4-12,16H,3,13-15H2,1-2H3,(H,22,24). The van der Waals surface area contributed by atoms with Crippen LogP contribution in [0.15, 0.2) is 54.6 Å². The number of halogens is 1. The second-order valence-electron chi connectivity index (χ2n) is 5.80. The third-order valence-electron chi connectivity index (χ3n) is 4.09. The first-order valence-electron chi connectivity index (χ1n) is 8.54. The van der Waals surface area contributed by atoms with E-state index in [4.69, 9.17) is 4.74 Å². The molecule has 4 nitrogen and oxygen atoms in total. The molecule has 2 aromatic carbocycles. The zero-order chi connectivity index (χ0) is 18.1. The first kappa shape index (κ1) is 18.9. The van der Waals surface area contributed by atoms with Gasteiger partial charge < -0.3 is 10.1 Å². The first-order valence-corrected chi connectivity index (χ1v) is 8.54. The van der Waals surface area contributed by atoms with E-state index in [1.807, 2.05) is 49.1 Å². The van der Waals surface area contributed by atoms with Crippen LogP contribution in [0.2, 0.25) is 0 Å². The fourth-order valence-corrected chi connectivity index (χ4v) is 2.59. The van der Waals surface area contributed by atoms with Gasteiger partial charge in [0.05, 0.1) is 13.1 Å². The molecular formula is C20H25FN2O2. The Morgan fingerprint density at radius 1 is 1.16 bits per heavy atom. The van der Waals surface area contributed by atoms with E-state index in [0.29, 0.717) is 19.7 Å². The predicted octanol–water partition coefficient (Wildman–Crippen LogP) is 3.40. The number of hydrogen-bond donors (Lipinski definition) is 1. The van der Waals surface area contributed by atoms with Gasteiger partial charge in [0, 0.05) is 6.04 Å². The molecule has 2 aromatic rings. The van der Waals surface area contributed by atoms with Gasteiger partial charge in [0.1, 0.15) is 18.2 Å². The maximum atomic E-state index is 13.0. The molecule has 134 valence electrons. The van der Waals surface area contributed by atoms with Crippen molar-refractivity contribution in [1.29, 1.82) is 0 Å². The van der Waals surface area contributed by atoms with E-state index in [9.17, 15) is 9.18 Å². The van der Waals surface area contributed by atoms with Gasteiger partial charge in [-0.15, -0.1) is 0 Å². The highest BCUT2D eigenvalue weighted by Crippen LogP contribution is 2.19. The van der Waals surface area contributed by atoms with Crippen molar-refractivity contribution in [3.63, 3.8) is 0 Å². The van der Waals surface area contributed by atoms with Crippen molar-refractivity contribution in [2.24, 2.45) is 0 Å². The minimum absolute atomic E-state index is 0.0388. The van der Waals surface area contributed by atoms with Gasteiger partial charge in [0.15, 0.2) is 0 Å². The predicted molar refractivity (Wildman–Crippen MR) is 97.0 cm³/mol. The first-order chi connectivity index (χ1) is 12.1. The summed E-state index contributed by atoms with van der Waals surface area (Å²) < 4.78 is 18.6. The number of nitrogens with zero attached hydrogens (tertiary/aromatic N) is 1. The van der Waals surface area contributed by atoms with Crippen molar-refractivity contribution in [2.45, 2.75) is 19.9 Å². The number of rotatable bonds is 9. The molecule has 1 unspecified atom stereocenters. The fraction of sp³-hybridized carbons (Fsp3) is 0.350. The Morgan fingerprint density at radius 3 is 2.48 bits per heavy atom. The van der Waals surface area contributed by atoms with Gasteiger partial charge in [-0.3, -0.25) is 9.69 Å². The average Bonchev–Trinajstić information content (AvgIpc) is 2.64. The summed E-state index contributed by atoms with van der Waals surface area (Å²) in [6.45, 7) is 5.92. The highest BCUT2D eigenvalue weighted by molar-refractivity contribution is 5.78. The number of amides is 1. The second-order valence-corrected chi connectivity index (χ2v) is 5.80. The molecule has 0 aliphatic heterocycles. The minimum Gasteiger partial charge on any atom is -0.492 e. The Kier molecular flexibility index (Phi) is 7.41. The number of benzene rings is 2. The molecule has 0 radical (unpaired) electrons. The van der Waals surface area contributed by atoms with Gasteiger partial charge in [0.2, 0.25) is 5.91 Å². The quantitative estimate of drug-likeness (QED) is 0.709. The summed E-state index contributed by atoms with van der Waals surface area (Å²) in [7, 11) is 0. The summed E-state index contributed by atoms with van der Waals surface area (Å²) in [5.41, 5.74) is 0.989. The van der Waals surface area contributed by atoms with E-state index >= 15 is 0 Å². The van der Waals surface area contributed by atoms with E-state index < -0.39 is 0 Å². The monoisotopic (exact) mass is 344 g/mol. The normalized spacial score (nSPS) is 12.0. The molecule has 0 fully saturated rings. The minimum atomic E-state index is -0.254. The van der Waals surface area contributed by atoms with Crippen LogP contribution < -0.4 is 10.1 Å². The lowest BCUT2D eigenvalue weighted by molar-refractivity contribution is -0.122. The van der Waals surface area contributed by atoms with Crippen LogP contribution in [0, 0.1) is 5.82 Å². The Bertz CT molecular complexity index is 647. The third-order valence-corrected chi connectivity index (χ3v) is 4.09. The lowest BCUT2D eigenvalue weighted by Crippen LogP contribution is -2.39. The maximum Gasteiger partial charge on any atom is 0.234 e. The van der Waals surface area contributed by atoms with Crippen LogP contribution in [0.4, 0.5) is 4.39 Å². The molecule has 0 aromatic heterocycles. The molecule has 0 spiro atoms. The molecule has 0 aliphatic rings. The van der Waals surface area contributed by atoms with Crippen LogP contribution in [0.1, 0.15) is 25.5 Å². The number of carbonyl (C=O) groups is 1. The molecule has 25 heavy (non-hydrogen) atoms. The fourth-order valence-electron chi connectivity index (χ4n) is 2.59. The Morgan fingerprint density at radius 2 is 1.84 bits per heavy atom. The van der Waals surface area contributed by atoms with Gasteiger partial charge in [-0.25, -0.2) is 4.39 Å². The van der Waals surface area contributed by atoms with Gasteiger partial charge in [0.25, 0.3) is 0 Å². The van der Waals surface area contributed by atoms with Crippen molar-refractivity contribution in [2.75, 3.05) is 26.2 Å². The lowest BCUT2D eigenvalue weighted by Gasteiger charge is -2.27. The van der Waals surface area contributed by atoms with E-state index in [1.54, 1.807) is 12.1 Å². The molecule has 5 heteroatoms. The number of ether oxygens (including phenoxy) is 1. The Labute approximate surface area is 148 Å². The summed E-state index contributed by atoms with van der Waals surface area (Å²) >= 11 is 0. The van der Waals surface area contributed by atoms with E-state index in [1.165, 1.54) is 12.1 Å². The highest BCUT2D eigenvalue weighted by atomic mass is 19.1. The summed E-state index contributed by atoms with van der Waals surface area (Å²) in [6.07, 6.45) is 0. The van der Waals surface area contributed by atoms with Crippen molar-refractivity contribution in [1.82, 2.24) is 10.2 Å². The summed E-state index contributed by atoms with van der Waals surface area (Å²) in [6, 6.07) is 15.9. The number of hydrogen-bond acceptors (Lipinski definition) is 3. The van der Waals surface area contributed by atoms with Gasteiger partial charge in [-0.05, 0) is 43.3 Å². The molecular weight excluding hydrogens is 319 g/mol. The number of nitrogens with one attached hydrogen (secondary N) is 1. The van der Waals surface area contributed by atoms with Gasteiger partial charge >= 0.3 is 0 Å². The molecule has 0 saturated heterocycles. The SMILES string of the molecule is CCN(CC(=O)NCCOc1ccccc1)C(C)c1ccc(F)cc1. The molecule has 0 aliphatic carbocycles. The second kappa shape index (κ2) is 9.79. The Balaban J connectivity index is 1.76. The maximum absolute atomic E-state index is 13.0. The van der Waals surface area contributed by atoms with Crippen molar-refractivity contribution in [3.05, 3.63) is 66.0 Å². The molecule has 1 N–H and O–H groups in total. The van der Waals surface area contributed by atoms with E-state index in [0.717, 1.165) is 17.9 Å². The van der Waals surface area contributed by atoms with Gasteiger partial charge in [-0.2, -0.15) is 0 Å². The van der Waals surface area contributed by atoms with Crippen molar-refractivity contribution >= 4 is 5.91 Å². The number of likely N-dealkylation sites (N-methyl/N-ethyl adjacent to an activating group) is 1. The molecule has 1 amide bonds. The highest BCUT2D eigenvalue weighted by Gasteiger charge is 2.17. The zero-order valence-corrected chi connectivity index (χ0v) is 14.7. The molecule has 2 rings (SSSR count). The van der Waals surface area contributed by atoms with Crippen LogP contribution in [0.3, 0.4) is 0 Å². The van der Waals surface area contributed by atoms with Gasteiger partial charge in [-0.1, -0.05) is 37.3 Å². The third kappa shape index (κ3) is 6.19.